The van der Waals surface area contributed by atoms with Gasteiger partial charge in [0, 0.05) is 0 Å². The summed E-state index contributed by atoms with van der Waals surface area (Å²) in [5, 5.41) is 5.49. The molecule has 6 aromatic carbocycles. The van der Waals surface area contributed by atoms with Crippen LogP contribution in [0, 0.1) is 0 Å². The minimum atomic E-state index is 0. The van der Waals surface area contributed by atoms with E-state index in [-0.39, 0.29) is 51.0 Å². The van der Waals surface area contributed by atoms with Crippen LogP contribution < -0.4 is 24.8 Å². The summed E-state index contributed by atoms with van der Waals surface area (Å²) in [6, 6.07) is 40.8. The molecule has 0 heterocycles. The van der Waals surface area contributed by atoms with E-state index in [0.29, 0.717) is 17.8 Å². The Labute approximate surface area is 309 Å². The molecule has 6 rings (SSSR count). The number of rotatable bonds is 8. The maximum atomic E-state index is 2.40. The Kier molecular flexibility index (Phi) is 15.7. The number of halogens is 2. The minimum absolute atomic E-state index is 0. The first-order valence-corrected chi connectivity index (χ1v) is 16.4. The smallest absolute Gasteiger partial charge is 1.00 e. The summed E-state index contributed by atoms with van der Waals surface area (Å²) >= 11 is 0. The van der Waals surface area contributed by atoms with E-state index in [2.05, 4.69) is 158 Å². The van der Waals surface area contributed by atoms with Gasteiger partial charge >= 0.3 is 26.2 Å². The average molecular weight is 727 g/mol. The van der Waals surface area contributed by atoms with Crippen LogP contribution in [0.15, 0.2) is 109 Å². The Morgan fingerprint density at radius 2 is 1.02 bits per heavy atom. The molecule has 0 spiro atoms. The summed E-state index contributed by atoms with van der Waals surface area (Å²) in [6.45, 7) is 15.8. The van der Waals surface area contributed by atoms with Gasteiger partial charge < -0.3 is 24.8 Å². The molecule has 0 amide bonds. The third-order valence-electron chi connectivity index (χ3n) is 9.06. The zero-order valence-electron chi connectivity index (χ0n) is 28.5. The van der Waals surface area contributed by atoms with Crippen LogP contribution >= 0.6 is 0 Å². The van der Waals surface area contributed by atoms with Crippen molar-refractivity contribution in [3.05, 3.63) is 131 Å². The average Bonchev–Trinajstić information content (AvgIpc) is 3.66. The van der Waals surface area contributed by atoms with Gasteiger partial charge in [-0.25, -0.2) is 0 Å². The number of hydrogen-bond donors (Lipinski definition) is 0. The maximum absolute atomic E-state index is 2.40. The van der Waals surface area contributed by atoms with Gasteiger partial charge in [0.15, 0.2) is 0 Å². The summed E-state index contributed by atoms with van der Waals surface area (Å²) in [5.74, 6) is 1.81. The van der Waals surface area contributed by atoms with Gasteiger partial charge in [0.2, 0.25) is 0 Å². The minimum Gasteiger partial charge on any atom is -1.00 e. The summed E-state index contributed by atoms with van der Waals surface area (Å²) < 4.78 is 0. The number of fused-ring (bicyclic) bond motifs is 2. The van der Waals surface area contributed by atoms with Crippen molar-refractivity contribution in [2.24, 2.45) is 0 Å². The Hall–Kier alpha value is -2.44. The largest absolute Gasteiger partial charge is 4.00 e. The molecule has 0 bridgehead atoms. The second-order valence-electron chi connectivity index (χ2n) is 12.9. The molecular weight excluding hydrogens is 679 g/mol. The first-order chi connectivity index (χ1) is 20.8. The SMILES string of the molecule is CCCC(C)c1cc2c(-c3ccc(C(C)C)cc3)cccc2[cH-]1.CCc1cc2c(-c3ccc(C(C)C)cc3)cccc2[cH-]1.[Cl-].[Cl-].[Zr+4]. The van der Waals surface area contributed by atoms with Gasteiger partial charge in [-0.1, -0.05) is 127 Å². The Morgan fingerprint density at radius 3 is 1.46 bits per heavy atom. The first-order valence-electron chi connectivity index (χ1n) is 16.4. The molecule has 0 aliphatic heterocycles. The second-order valence-corrected chi connectivity index (χ2v) is 12.9. The number of aryl methyl sites for hydroxylation is 1. The van der Waals surface area contributed by atoms with Crippen molar-refractivity contribution >= 4 is 21.5 Å². The molecule has 0 saturated heterocycles. The van der Waals surface area contributed by atoms with E-state index in [4.69, 9.17) is 0 Å². The molecule has 0 radical (unpaired) electrons. The van der Waals surface area contributed by atoms with Gasteiger partial charge in [0.1, 0.15) is 0 Å². The van der Waals surface area contributed by atoms with Crippen molar-refractivity contribution in [2.45, 2.75) is 85.5 Å². The van der Waals surface area contributed by atoms with Crippen LogP contribution in [0.2, 0.25) is 0 Å². The zero-order valence-corrected chi connectivity index (χ0v) is 32.5. The van der Waals surface area contributed by atoms with E-state index in [1.54, 1.807) is 0 Å². The van der Waals surface area contributed by atoms with Crippen LogP contribution in [-0.2, 0) is 32.6 Å². The van der Waals surface area contributed by atoms with Gasteiger partial charge in [0.05, 0.1) is 0 Å². The van der Waals surface area contributed by atoms with Crippen molar-refractivity contribution in [1.82, 2.24) is 0 Å². The standard InChI is InChI=1S/C23H27.C20H21.2ClH.Zr/c1-5-7-17(4)21-14-20-8-6-9-22(23(20)15-21)19-12-10-18(11-13-19)16(2)3;1-4-15-12-18-6-5-7-19(20(18)13-15)17-10-8-16(9-11-17)14(2)3;;;/h6,8-17H,5,7H2,1-4H3;5-14H,4H2,1-3H3;2*1H;/q2*-1;;;+4/p-2. The molecule has 46 heavy (non-hydrogen) atoms. The fraction of sp³-hybridized carbons (Fsp3) is 0.302. The first kappa shape index (κ1) is 39.7. The normalized spacial score (nSPS) is 11.4. The molecule has 1 unspecified atom stereocenters. The molecule has 3 heteroatoms. The topological polar surface area (TPSA) is 0 Å². The monoisotopic (exact) mass is 724 g/mol. The van der Waals surface area contributed by atoms with Gasteiger partial charge in [-0.05, 0) is 52.8 Å². The quantitative estimate of drug-likeness (QED) is 0.146. The van der Waals surface area contributed by atoms with Crippen molar-refractivity contribution in [3.63, 3.8) is 0 Å². The second kappa shape index (κ2) is 18.2. The van der Waals surface area contributed by atoms with Gasteiger partial charge in [-0.3, -0.25) is 0 Å². The molecule has 0 fully saturated rings. The summed E-state index contributed by atoms with van der Waals surface area (Å²) in [7, 11) is 0. The third kappa shape index (κ3) is 9.13. The van der Waals surface area contributed by atoms with Gasteiger partial charge in [0.25, 0.3) is 0 Å². The van der Waals surface area contributed by atoms with Crippen LogP contribution in [-0.4, -0.2) is 0 Å². The zero-order chi connectivity index (χ0) is 30.5. The summed E-state index contributed by atoms with van der Waals surface area (Å²) in [6.07, 6.45) is 3.60. The molecule has 6 aromatic rings. The van der Waals surface area contributed by atoms with Crippen LogP contribution in [0.4, 0.5) is 0 Å². The Bertz CT molecular complexity index is 1770. The third-order valence-corrected chi connectivity index (χ3v) is 9.06. The van der Waals surface area contributed by atoms with Gasteiger partial charge in [-0.15, -0.1) is 69.1 Å². The predicted molar refractivity (Wildman–Crippen MR) is 191 cm³/mol. The van der Waals surface area contributed by atoms with Crippen molar-refractivity contribution in [1.29, 1.82) is 0 Å². The number of benzene rings is 4. The molecule has 0 aliphatic rings. The molecular formula is C43H48Cl2Zr. The van der Waals surface area contributed by atoms with Crippen LogP contribution in [0.5, 0.6) is 0 Å². The van der Waals surface area contributed by atoms with Crippen molar-refractivity contribution < 1.29 is 51.0 Å². The Balaban J connectivity index is 0.000000303. The molecule has 238 valence electrons. The van der Waals surface area contributed by atoms with E-state index in [1.165, 1.54) is 78.9 Å². The van der Waals surface area contributed by atoms with Gasteiger partial charge in [-0.2, -0.15) is 12.1 Å². The molecule has 0 nitrogen and oxygen atoms in total. The van der Waals surface area contributed by atoms with Crippen LogP contribution in [0.3, 0.4) is 0 Å². The van der Waals surface area contributed by atoms with E-state index in [0.717, 1.165) is 6.42 Å². The van der Waals surface area contributed by atoms with Crippen LogP contribution in [0.25, 0.3) is 43.8 Å². The van der Waals surface area contributed by atoms with E-state index >= 15 is 0 Å². The number of hydrogen-bond acceptors (Lipinski definition) is 0. The summed E-state index contributed by atoms with van der Waals surface area (Å²) in [5.41, 5.74) is 11.0. The van der Waals surface area contributed by atoms with E-state index in [1.807, 2.05) is 0 Å². The Morgan fingerprint density at radius 1 is 0.565 bits per heavy atom. The predicted octanol–water partition coefficient (Wildman–Crippen LogP) is 7.17. The maximum Gasteiger partial charge on any atom is 4.00 e. The van der Waals surface area contributed by atoms with Crippen molar-refractivity contribution in [3.8, 4) is 22.3 Å². The van der Waals surface area contributed by atoms with E-state index in [9.17, 15) is 0 Å². The van der Waals surface area contributed by atoms with Crippen LogP contribution in [0.1, 0.15) is 101 Å². The molecule has 0 N–H and O–H groups in total. The molecule has 0 aliphatic carbocycles. The molecule has 0 saturated carbocycles. The molecule has 0 aromatic heterocycles. The van der Waals surface area contributed by atoms with Crippen molar-refractivity contribution in [2.75, 3.05) is 0 Å². The fourth-order valence-electron chi connectivity index (χ4n) is 6.24. The molecule has 1 atom stereocenters. The summed E-state index contributed by atoms with van der Waals surface area (Å²) in [4.78, 5) is 0. The fourth-order valence-corrected chi connectivity index (χ4v) is 6.24. The van der Waals surface area contributed by atoms with E-state index < -0.39 is 0 Å².